The summed E-state index contributed by atoms with van der Waals surface area (Å²) >= 11 is 0. The summed E-state index contributed by atoms with van der Waals surface area (Å²) in [6.45, 7) is 13.5. The molecule has 10 heterocycles. The van der Waals surface area contributed by atoms with Gasteiger partial charge in [0.25, 0.3) is 11.8 Å². The van der Waals surface area contributed by atoms with Crippen molar-refractivity contribution < 1.29 is 9.05 Å². The topological polar surface area (TPSA) is 94.2 Å². The Hall–Kier alpha value is -4.80. The largest absolute Gasteiger partial charge is 0.332 e. The second kappa shape index (κ2) is 11.9. The number of hydrogen-bond acceptors (Lipinski definition) is 8. The van der Waals surface area contributed by atoms with Crippen LogP contribution in [0.1, 0.15) is 136 Å². The SMILES string of the molecule is CCC12C=C(c3nc(C4CC4C4CN5CCc6c7n(c8ccccc68)C(c6nc(C(C)C)no6)=C[C@](CC)(C4)[C@@H]75)no3)n3c4c(c5ccccc53)CCN(CCC1)[C@H]42. The number of aromatic nitrogens is 6. The van der Waals surface area contributed by atoms with Gasteiger partial charge in [0.2, 0.25) is 0 Å². The highest BCUT2D eigenvalue weighted by Crippen LogP contribution is 2.64. The molecular formula is C48H52N8O2. The summed E-state index contributed by atoms with van der Waals surface area (Å²) in [6.07, 6.45) is 14.1. The van der Waals surface area contributed by atoms with Crippen molar-refractivity contribution in [3.05, 3.63) is 107 Å². The monoisotopic (exact) mass is 772 g/mol. The molecule has 2 saturated heterocycles. The average molecular weight is 773 g/mol. The van der Waals surface area contributed by atoms with E-state index in [2.05, 4.69) is 112 Å². The molecule has 10 heteroatoms. The summed E-state index contributed by atoms with van der Waals surface area (Å²) in [6, 6.07) is 18.6. The number of piperidine rings is 2. The van der Waals surface area contributed by atoms with E-state index < -0.39 is 0 Å². The van der Waals surface area contributed by atoms with E-state index in [9.17, 15) is 0 Å². The lowest BCUT2D eigenvalue weighted by atomic mass is 9.63. The Morgan fingerprint density at radius 2 is 1.36 bits per heavy atom. The van der Waals surface area contributed by atoms with Gasteiger partial charge >= 0.3 is 0 Å². The van der Waals surface area contributed by atoms with Gasteiger partial charge < -0.3 is 18.2 Å². The third-order valence-corrected chi connectivity index (χ3v) is 16.1. The van der Waals surface area contributed by atoms with E-state index in [1.807, 2.05) is 0 Å². The minimum atomic E-state index is -0.0554. The molecule has 58 heavy (non-hydrogen) atoms. The number of benzene rings is 2. The van der Waals surface area contributed by atoms with Crippen LogP contribution in [-0.2, 0) is 12.8 Å². The maximum absolute atomic E-state index is 6.39. The van der Waals surface area contributed by atoms with Crippen molar-refractivity contribution in [3.63, 3.8) is 0 Å². The van der Waals surface area contributed by atoms with Crippen LogP contribution in [0, 0.1) is 22.7 Å². The molecule has 1 aliphatic carbocycles. The van der Waals surface area contributed by atoms with E-state index in [1.165, 1.54) is 63.7 Å². The number of hydrogen-bond donors (Lipinski definition) is 0. The molecule has 0 amide bonds. The molecule has 2 aromatic carbocycles. The lowest BCUT2D eigenvalue weighted by molar-refractivity contribution is -0.0120. The first kappa shape index (κ1) is 34.1. The van der Waals surface area contributed by atoms with Crippen LogP contribution in [0.25, 0.3) is 33.2 Å². The molecule has 4 aromatic heterocycles. The number of nitrogens with zero attached hydrogens (tertiary/aromatic N) is 8. The minimum absolute atomic E-state index is 0.0554. The Kier molecular flexibility index (Phi) is 7.00. The van der Waals surface area contributed by atoms with Crippen LogP contribution in [0.5, 0.6) is 0 Å². The molecule has 0 spiro atoms. The second-order valence-electron chi connectivity index (χ2n) is 19.1. The van der Waals surface area contributed by atoms with E-state index >= 15 is 0 Å². The first-order valence-electron chi connectivity index (χ1n) is 22.3. The van der Waals surface area contributed by atoms with Gasteiger partial charge in [-0.05, 0) is 105 Å². The van der Waals surface area contributed by atoms with Crippen LogP contribution >= 0.6 is 0 Å². The average Bonchev–Trinajstić information content (AvgIpc) is 3.62. The number of rotatable bonds is 7. The van der Waals surface area contributed by atoms with Crippen LogP contribution in [0.15, 0.2) is 69.7 Å². The molecule has 4 unspecified atom stereocenters. The van der Waals surface area contributed by atoms with E-state index in [1.54, 1.807) is 0 Å². The molecule has 0 N–H and O–H groups in total. The smallest absolute Gasteiger partial charge is 0.274 e. The van der Waals surface area contributed by atoms with Gasteiger partial charge in [-0.3, -0.25) is 9.80 Å². The summed E-state index contributed by atoms with van der Waals surface area (Å²) in [5.74, 6) is 4.53. The fraction of sp³-hybridized carbons (Fsp3) is 0.500. The quantitative estimate of drug-likeness (QED) is 0.159. The van der Waals surface area contributed by atoms with Crippen molar-refractivity contribution in [2.45, 2.75) is 103 Å². The molecule has 7 aliphatic rings. The van der Waals surface area contributed by atoms with Gasteiger partial charge in [0, 0.05) is 64.5 Å². The highest BCUT2D eigenvalue weighted by molar-refractivity contribution is 5.92. The third kappa shape index (κ3) is 4.40. The second-order valence-corrected chi connectivity index (χ2v) is 19.1. The molecule has 10 nitrogen and oxygen atoms in total. The van der Waals surface area contributed by atoms with Crippen molar-refractivity contribution in [1.29, 1.82) is 0 Å². The van der Waals surface area contributed by atoms with Gasteiger partial charge in [-0.1, -0.05) is 74.4 Å². The van der Waals surface area contributed by atoms with Crippen LogP contribution in [0.4, 0.5) is 0 Å². The minimum Gasteiger partial charge on any atom is -0.332 e. The zero-order valence-corrected chi connectivity index (χ0v) is 34.1. The molecule has 7 atom stereocenters. The van der Waals surface area contributed by atoms with Gasteiger partial charge in [0.15, 0.2) is 11.6 Å². The van der Waals surface area contributed by atoms with Gasteiger partial charge in [-0.2, -0.15) is 9.97 Å². The van der Waals surface area contributed by atoms with E-state index in [0.29, 0.717) is 41.6 Å². The van der Waals surface area contributed by atoms with Gasteiger partial charge in [0.1, 0.15) is 11.4 Å². The van der Waals surface area contributed by atoms with Crippen molar-refractivity contribution in [3.8, 4) is 0 Å². The molecule has 3 fully saturated rings. The van der Waals surface area contributed by atoms with Crippen molar-refractivity contribution in [2.75, 3.05) is 26.2 Å². The zero-order valence-electron chi connectivity index (χ0n) is 34.1. The Bertz CT molecular complexity index is 2740. The molecule has 6 aliphatic heterocycles. The maximum Gasteiger partial charge on any atom is 0.274 e. The number of fused-ring (bicyclic) bond motifs is 6. The first-order valence-corrected chi connectivity index (χ1v) is 22.3. The van der Waals surface area contributed by atoms with Gasteiger partial charge in [0.05, 0.1) is 23.1 Å². The van der Waals surface area contributed by atoms with Gasteiger partial charge in [-0.25, -0.2) is 0 Å². The fourth-order valence-corrected chi connectivity index (χ4v) is 13.4. The lowest BCUT2D eigenvalue weighted by Crippen LogP contribution is -2.54. The normalized spacial score (nSPS) is 31.1. The third-order valence-electron chi connectivity index (χ3n) is 16.1. The highest BCUT2D eigenvalue weighted by Gasteiger charge is 2.58. The molecule has 1 saturated carbocycles. The van der Waals surface area contributed by atoms with Crippen LogP contribution in [0.3, 0.4) is 0 Å². The van der Waals surface area contributed by atoms with Crippen LogP contribution in [-0.4, -0.2) is 65.4 Å². The summed E-state index contributed by atoms with van der Waals surface area (Å²) in [5.41, 5.74) is 10.6. The molecule has 0 bridgehead atoms. The van der Waals surface area contributed by atoms with Gasteiger partial charge in [-0.15, -0.1) is 0 Å². The predicted molar refractivity (Wildman–Crippen MR) is 223 cm³/mol. The molecule has 6 aromatic rings. The Morgan fingerprint density at radius 3 is 2.03 bits per heavy atom. The van der Waals surface area contributed by atoms with Crippen LogP contribution in [0.2, 0.25) is 0 Å². The van der Waals surface area contributed by atoms with E-state index in [4.69, 9.17) is 24.2 Å². The highest BCUT2D eigenvalue weighted by atomic mass is 16.5. The zero-order chi connectivity index (χ0) is 38.7. The van der Waals surface area contributed by atoms with E-state index in [-0.39, 0.29) is 16.7 Å². The molecule has 13 rings (SSSR count). The van der Waals surface area contributed by atoms with Crippen LogP contribution < -0.4 is 0 Å². The summed E-state index contributed by atoms with van der Waals surface area (Å²) in [4.78, 5) is 15.9. The molecule has 296 valence electrons. The summed E-state index contributed by atoms with van der Waals surface area (Å²) < 4.78 is 17.5. The molecular weight excluding hydrogens is 721 g/mol. The van der Waals surface area contributed by atoms with Crippen molar-refractivity contribution in [2.24, 2.45) is 22.7 Å². The van der Waals surface area contributed by atoms with Crippen molar-refractivity contribution >= 4 is 33.2 Å². The summed E-state index contributed by atoms with van der Waals surface area (Å²) in [7, 11) is 0. The molecule has 0 radical (unpaired) electrons. The number of para-hydroxylation sites is 2. The van der Waals surface area contributed by atoms with Crippen molar-refractivity contribution in [1.82, 2.24) is 39.2 Å². The fourth-order valence-electron chi connectivity index (χ4n) is 13.4. The Balaban J connectivity index is 0.866. The predicted octanol–water partition coefficient (Wildman–Crippen LogP) is 9.50. The lowest BCUT2D eigenvalue weighted by Gasteiger charge is -2.55. The Morgan fingerprint density at radius 1 is 0.741 bits per heavy atom. The maximum atomic E-state index is 6.39. The van der Waals surface area contributed by atoms with E-state index in [0.717, 1.165) is 81.2 Å². The first-order chi connectivity index (χ1) is 28.4. The summed E-state index contributed by atoms with van der Waals surface area (Å²) in [5, 5.41) is 12.0. The standard InChI is InChI=1S/C48H52N8O2/c1-5-47-18-11-19-53-20-16-31-29-12-7-9-14-35(29)55(39(31)41(47)53)37(24-47)46-50-44(52-58-46)34-22-33(34)28-23-48(6-2)25-38(45-49-43(27(3)4)51-57-45)56-36-15-10-8-13-30(36)32-17-21-54(26-28)42(48)40(32)56/h7-10,12-15,24-25,27-28,33-34,41-42H,5-6,11,16-23,26H2,1-4H3/t28?,33?,34?,41-,42-,47?,48+/m1/s1. The Labute approximate surface area is 338 Å².